The molecule has 0 saturated carbocycles. The summed E-state index contributed by atoms with van der Waals surface area (Å²) in [4.78, 5) is 11.8. The van der Waals surface area contributed by atoms with Gasteiger partial charge in [-0.15, -0.1) is 0 Å². The minimum Gasteiger partial charge on any atom is -0.370 e. The Morgan fingerprint density at radius 3 is 2.62 bits per heavy atom. The van der Waals surface area contributed by atoms with Gasteiger partial charge in [-0.1, -0.05) is 0 Å². The SMILES string of the molecule is CC(C)N=C(N)Nc1cncnc1. The third-order valence-electron chi connectivity index (χ3n) is 1.23. The van der Waals surface area contributed by atoms with Crippen LogP contribution in [0.3, 0.4) is 0 Å². The molecule has 0 aliphatic carbocycles. The summed E-state index contributed by atoms with van der Waals surface area (Å²) in [6.45, 7) is 3.91. The van der Waals surface area contributed by atoms with E-state index in [1.165, 1.54) is 6.33 Å². The first kappa shape index (κ1) is 9.44. The molecule has 0 amide bonds. The molecule has 5 nitrogen and oxygen atoms in total. The van der Waals surface area contributed by atoms with Gasteiger partial charge in [0, 0.05) is 6.04 Å². The minimum atomic E-state index is 0.178. The lowest BCUT2D eigenvalue weighted by atomic mass is 10.4. The Labute approximate surface area is 77.1 Å². The van der Waals surface area contributed by atoms with Crippen molar-refractivity contribution in [1.82, 2.24) is 9.97 Å². The van der Waals surface area contributed by atoms with Gasteiger partial charge in [-0.3, -0.25) is 4.99 Å². The molecule has 1 aromatic heterocycles. The van der Waals surface area contributed by atoms with Gasteiger partial charge in [-0.2, -0.15) is 0 Å². The number of aromatic nitrogens is 2. The zero-order valence-corrected chi connectivity index (χ0v) is 7.73. The van der Waals surface area contributed by atoms with E-state index in [4.69, 9.17) is 5.73 Å². The smallest absolute Gasteiger partial charge is 0.193 e. The Morgan fingerprint density at radius 1 is 1.46 bits per heavy atom. The van der Waals surface area contributed by atoms with E-state index < -0.39 is 0 Å². The maximum absolute atomic E-state index is 5.59. The third kappa shape index (κ3) is 3.50. The van der Waals surface area contributed by atoms with Crippen molar-refractivity contribution in [3.63, 3.8) is 0 Å². The van der Waals surface area contributed by atoms with Crippen molar-refractivity contribution in [3.05, 3.63) is 18.7 Å². The molecule has 0 fully saturated rings. The Kier molecular flexibility index (Phi) is 3.19. The number of hydrogen-bond donors (Lipinski definition) is 2. The molecule has 0 saturated heterocycles. The molecule has 0 aliphatic rings. The van der Waals surface area contributed by atoms with Gasteiger partial charge < -0.3 is 11.1 Å². The molecule has 1 rings (SSSR count). The topological polar surface area (TPSA) is 76.2 Å². The van der Waals surface area contributed by atoms with Gasteiger partial charge in [0.25, 0.3) is 0 Å². The fourth-order valence-electron chi connectivity index (χ4n) is 0.822. The minimum absolute atomic E-state index is 0.178. The van der Waals surface area contributed by atoms with Crippen LogP contribution in [0.15, 0.2) is 23.7 Å². The third-order valence-corrected chi connectivity index (χ3v) is 1.23. The van der Waals surface area contributed by atoms with Crippen molar-refractivity contribution in [1.29, 1.82) is 0 Å². The van der Waals surface area contributed by atoms with Crippen LogP contribution in [-0.4, -0.2) is 22.0 Å². The molecule has 3 N–H and O–H groups in total. The molecule has 0 radical (unpaired) electrons. The summed E-state index contributed by atoms with van der Waals surface area (Å²) in [5.41, 5.74) is 6.33. The zero-order chi connectivity index (χ0) is 9.68. The van der Waals surface area contributed by atoms with Crippen molar-refractivity contribution in [3.8, 4) is 0 Å². The van der Waals surface area contributed by atoms with Crippen LogP contribution in [0.25, 0.3) is 0 Å². The molecule has 0 unspecified atom stereocenters. The van der Waals surface area contributed by atoms with E-state index in [9.17, 15) is 0 Å². The predicted octanol–water partition coefficient (Wildman–Crippen LogP) is 0.612. The average molecular weight is 179 g/mol. The predicted molar refractivity (Wildman–Crippen MR) is 52.4 cm³/mol. The maximum atomic E-state index is 5.59. The number of hydrogen-bond acceptors (Lipinski definition) is 3. The fraction of sp³-hybridized carbons (Fsp3) is 0.375. The van der Waals surface area contributed by atoms with Gasteiger partial charge in [-0.05, 0) is 13.8 Å². The van der Waals surface area contributed by atoms with Gasteiger partial charge in [0.15, 0.2) is 5.96 Å². The van der Waals surface area contributed by atoms with E-state index in [0.29, 0.717) is 5.96 Å². The molecule has 5 heteroatoms. The summed E-state index contributed by atoms with van der Waals surface area (Å²) in [5.74, 6) is 0.379. The number of nitrogens with zero attached hydrogens (tertiary/aromatic N) is 3. The normalized spacial score (nSPS) is 11.8. The van der Waals surface area contributed by atoms with Crippen molar-refractivity contribution in [2.24, 2.45) is 10.7 Å². The number of aliphatic imine (C=N–C) groups is 1. The van der Waals surface area contributed by atoms with Crippen LogP contribution in [0.5, 0.6) is 0 Å². The highest BCUT2D eigenvalue weighted by atomic mass is 15.1. The summed E-state index contributed by atoms with van der Waals surface area (Å²) in [5, 5.41) is 2.88. The van der Waals surface area contributed by atoms with Crippen LogP contribution < -0.4 is 11.1 Å². The molecule has 0 bridgehead atoms. The monoisotopic (exact) mass is 179 g/mol. The molecule has 13 heavy (non-hydrogen) atoms. The van der Waals surface area contributed by atoms with Crippen molar-refractivity contribution >= 4 is 11.6 Å². The van der Waals surface area contributed by atoms with Crippen molar-refractivity contribution < 1.29 is 0 Å². The van der Waals surface area contributed by atoms with Crippen LogP contribution in [0.1, 0.15) is 13.8 Å². The lowest BCUT2D eigenvalue weighted by Gasteiger charge is -2.05. The molecule has 70 valence electrons. The molecule has 0 atom stereocenters. The van der Waals surface area contributed by atoms with E-state index in [2.05, 4.69) is 20.3 Å². The van der Waals surface area contributed by atoms with Gasteiger partial charge in [0.05, 0.1) is 18.1 Å². The van der Waals surface area contributed by atoms with Crippen LogP contribution in [-0.2, 0) is 0 Å². The Bertz CT molecular complexity index is 280. The van der Waals surface area contributed by atoms with E-state index in [1.54, 1.807) is 12.4 Å². The quantitative estimate of drug-likeness (QED) is 0.515. The molecule has 1 aromatic rings. The van der Waals surface area contributed by atoms with Crippen LogP contribution in [0.2, 0.25) is 0 Å². The molecular formula is C8H13N5. The van der Waals surface area contributed by atoms with Gasteiger partial charge in [-0.25, -0.2) is 9.97 Å². The summed E-state index contributed by atoms with van der Waals surface area (Å²) < 4.78 is 0. The first-order chi connectivity index (χ1) is 6.18. The Balaban J connectivity index is 2.60. The first-order valence-electron chi connectivity index (χ1n) is 4.04. The van der Waals surface area contributed by atoms with E-state index >= 15 is 0 Å². The number of nitrogens with two attached hydrogens (primary N) is 1. The molecule has 0 spiro atoms. The van der Waals surface area contributed by atoms with Gasteiger partial charge >= 0.3 is 0 Å². The summed E-state index contributed by atoms with van der Waals surface area (Å²) >= 11 is 0. The largest absolute Gasteiger partial charge is 0.370 e. The van der Waals surface area contributed by atoms with E-state index in [0.717, 1.165) is 5.69 Å². The second kappa shape index (κ2) is 4.39. The lowest BCUT2D eigenvalue weighted by Crippen LogP contribution is -2.24. The maximum Gasteiger partial charge on any atom is 0.193 e. The summed E-state index contributed by atoms with van der Waals surface area (Å²) in [7, 11) is 0. The highest BCUT2D eigenvalue weighted by molar-refractivity contribution is 5.91. The molecule has 0 aliphatic heterocycles. The summed E-state index contributed by atoms with van der Waals surface area (Å²) in [6, 6.07) is 0.178. The van der Waals surface area contributed by atoms with Gasteiger partial charge in [0.2, 0.25) is 0 Å². The standard InChI is InChI=1S/C8H13N5/c1-6(2)12-8(9)13-7-3-10-5-11-4-7/h3-6H,1-2H3,(H3,9,12,13). The molecular weight excluding hydrogens is 166 g/mol. The highest BCUT2D eigenvalue weighted by Gasteiger charge is 1.95. The molecule has 1 heterocycles. The molecule has 0 aromatic carbocycles. The Hall–Kier alpha value is -1.65. The number of nitrogens with one attached hydrogen (secondary N) is 1. The number of rotatable bonds is 2. The van der Waals surface area contributed by atoms with Crippen LogP contribution >= 0.6 is 0 Å². The van der Waals surface area contributed by atoms with Crippen molar-refractivity contribution in [2.45, 2.75) is 19.9 Å². The lowest BCUT2D eigenvalue weighted by molar-refractivity contribution is 0.833. The number of anilines is 1. The Morgan fingerprint density at radius 2 is 2.08 bits per heavy atom. The van der Waals surface area contributed by atoms with E-state index in [1.807, 2.05) is 13.8 Å². The average Bonchev–Trinajstić information content (AvgIpc) is 2.04. The van der Waals surface area contributed by atoms with E-state index in [-0.39, 0.29) is 6.04 Å². The summed E-state index contributed by atoms with van der Waals surface area (Å²) in [6.07, 6.45) is 4.73. The van der Waals surface area contributed by atoms with Gasteiger partial charge in [0.1, 0.15) is 6.33 Å². The second-order valence-electron chi connectivity index (χ2n) is 2.86. The first-order valence-corrected chi connectivity index (χ1v) is 4.04. The van der Waals surface area contributed by atoms with Crippen molar-refractivity contribution in [2.75, 3.05) is 5.32 Å². The zero-order valence-electron chi connectivity index (χ0n) is 7.73. The number of guanidine groups is 1. The fourth-order valence-corrected chi connectivity index (χ4v) is 0.822. The highest BCUT2D eigenvalue weighted by Crippen LogP contribution is 1.99. The van der Waals surface area contributed by atoms with Crippen LogP contribution in [0.4, 0.5) is 5.69 Å². The van der Waals surface area contributed by atoms with Crippen LogP contribution in [0, 0.1) is 0 Å². The second-order valence-corrected chi connectivity index (χ2v) is 2.86.